The van der Waals surface area contributed by atoms with Crippen LogP contribution in [0.15, 0.2) is 23.0 Å². The third-order valence-electron chi connectivity index (χ3n) is 4.04. The Morgan fingerprint density at radius 3 is 3.04 bits per heavy atom. The molecule has 1 aliphatic rings. The van der Waals surface area contributed by atoms with Gasteiger partial charge in [0.05, 0.1) is 31.4 Å². The predicted molar refractivity (Wildman–Crippen MR) is 85.7 cm³/mol. The van der Waals surface area contributed by atoms with Crippen LogP contribution < -0.4 is 0 Å². The number of nitrogens with zero attached hydrogens (tertiary/aromatic N) is 5. The smallest absolute Gasteiger partial charge is 0.113 e. The Bertz CT molecular complexity index is 594. The lowest BCUT2D eigenvalue weighted by Gasteiger charge is -2.18. The number of fused-ring (bicyclic) bond motifs is 1. The Kier molecular flexibility index (Phi) is 5.43. The summed E-state index contributed by atoms with van der Waals surface area (Å²) in [4.78, 5) is 4.52. The number of hydrogen-bond acceptors (Lipinski definition) is 6. The Hall–Kier alpha value is -1.70. The third kappa shape index (κ3) is 4.40. The van der Waals surface area contributed by atoms with Crippen LogP contribution in [0.25, 0.3) is 0 Å². The molecule has 0 radical (unpaired) electrons. The van der Waals surface area contributed by atoms with Crippen LogP contribution in [0.5, 0.6) is 0 Å². The first-order valence-electron chi connectivity index (χ1n) is 8.09. The maximum absolute atomic E-state index is 5.75. The van der Waals surface area contributed by atoms with E-state index in [-0.39, 0.29) is 0 Å². The molecule has 126 valence electrons. The molecule has 0 fully saturated rings. The average molecular weight is 319 g/mol. The molecule has 1 aliphatic heterocycles. The minimum Gasteiger partial charge on any atom is -0.472 e. The van der Waals surface area contributed by atoms with Crippen LogP contribution in [0, 0.1) is 0 Å². The van der Waals surface area contributed by atoms with Crippen LogP contribution in [-0.2, 0) is 31.0 Å². The van der Waals surface area contributed by atoms with Crippen molar-refractivity contribution in [3.05, 3.63) is 35.5 Å². The van der Waals surface area contributed by atoms with Crippen LogP contribution in [0.2, 0.25) is 0 Å². The molecule has 0 N–H and O–H groups in total. The van der Waals surface area contributed by atoms with E-state index < -0.39 is 0 Å². The van der Waals surface area contributed by atoms with Gasteiger partial charge in [-0.15, -0.1) is 5.10 Å². The summed E-state index contributed by atoms with van der Waals surface area (Å²) in [6.07, 6.45) is 4.61. The zero-order valence-corrected chi connectivity index (χ0v) is 13.9. The molecule has 0 unspecified atom stereocenters. The molecular weight excluding hydrogens is 294 g/mol. The Morgan fingerprint density at radius 1 is 1.35 bits per heavy atom. The number of hydrogen-bond donors (Lipinski definition) is 0. The molecule has 2 aromatic heterocycles. The number of ether oxygens (including phenoxy) is 1. The van der Waals surface area contributed by atoms with E-state index in [4.69, 9.17) is 9.15 Å². The van der Waals surface area contributed by atoms with Gasteiger partial charge in [0, 0.05) is 38.3 Å². The number of aromatic nitrogens is 3. The summed E-state index contributed by atoms with van der Waals surface area (Å²) in [7, 11) is 4.09. The topological polar surface area (TPSA) is 59.6 Å². The van der Waals surface area contributed by atoms with Crippen molar-refractivity contribution in [1.82, 2.24) is 24.8 Å². The maximum Gasteiger partial charge on any atom is 0.113 e. The Balaban J connectivity index is 1.61. The highest BCUT2D eigenvalue weighted by Crippen LogP contribution is 2.17. The molecule has 0 bridgehead atoms. The highest BCUT2D eigenvalue weighted by Gasteiger charge is 2.20. The van der Waals surface area contributed by atoms with Gasteiger partial charge in [-0.1, -0.05) is 5.21 Å². The summed E-state index contributed by atoms with van der Waals surface area (Å²) < 4.78 is 12.9. The molecule has 0 aliphatic carbocycles. The van der Waals surface area contributed by atoms with E-state index in [9.17, 15) is 0 Å². The van der Waals surface area contributed by atoms with E-state index in [2.05, 4.69) is 20.1 Å². The van der Waals surface area contributed by atoms with E-state index in [0.717, 1.165) is 44.8 Å². The lowest BCUT2D eigenvalue weighted by molar-refractivity contribution is 0.102. The summed E-state index contributed by atoms with van der Waals surface area (Å²) in [6.45, 7) is 5.86. The molecule has 23 heavy (non-hydrogen) atoms. The zero-order valence-electron chi connectivity index (χ0n) is 13.9. The molecule has 0 saturated carbocycles. The van der Waals surface area contributed by atoms with Crippen molar-refractivity contribution < 1.29 is 9.15 Å². The molecule has 7 nitrogen and oxygen atoms in total. The summed E-state index contributed by atoms with van der Waals surface area (Å²) in [5.74, 6) is 0. The molecule has 3 rings (SSSR count). The average Bonchev–Trinajstić information content (AvgIpc) is 3.10. The maximum atomic E-state index is 5.75. The first-order chi connectivity index (χ1) is 11.2. The molecule has 3 heterocycles. The van der Waals surface area contributed by atoms with Crippen LogP contribution in [-0.4, -0.2) is 58.6 Å². The minimum absolute atomic E-state index is 0.530. The zero-order chi connectivity index (χ0) is 16.1. The van der Waals surface area contributed by atoms with Gasteiger partial charge < -0.3 is 14.1 Å². The van der Waals surface area contributed by atoms with Gasteiger partial charge >= 0.3 is 0 Å². The van der Waals surface area contributed by atoms with Crippen LogP contribution in [0.3, 0.4) is 0 Å². The molecule has 7 heteroatoms. The van der Waals surface area contributed by atoms with E-state index in [1.54, 1.807) is 6.26 Å². The van der Waals surface area contributed by atoms with E-state index >= 15 is 0 Å². The van der Waals surface area contributed by atoms with Gasteiger partial charge in [0.1, 0.15) is 5.69 Å². The largest absolute Gasteiger partial charge is 0.472 e. The highest BCUT2D eigenvalue weighted by molar-refractivity contribution is 5.11. The van der Waals surface area contributed by atoms with Crippen molar-refractivity contribution >= 4 is 0 Å². The summed E-state index contributed by atoms with van der Waals surface area (Å²) in [5, 5.41) is 8.61. The minimum atomic E-state index is 0.530. The van der Waals surface area contributed by atoms with Crippen LogP contribution in [0.4, 0.5) is 0 Å². The highest BCUT2D eigenvalue weighted by atomic mass is 16.5. The van der Waals surface area contributed by atoms with Gasteiger partial charge in [0.2, 0.25) is 0 Å². The first-order valence-corrected chi connectivity index (χ1v) is 8.09. The second-order valence-electron chi connectivity index (χ2n) is 6.26. The Morgan fingerprint density at radius 2 is 2.26 bits per heavy atom. The second kappa shape index (κ2) is 7.72. The van der Waals surface area contributed by atoms with E-state index in [1.807, 2.05) is 31.1 Å². The number of aryl methyl sites for hydroxylation is 1. The lowest BCUT2D eigenvalue weighted by atomic mass is 10.2. The fourth-order valence-corrected chi connectivity index (χ4v) is 2.76. The third-order valence-corrected chi connectivity index (χ3v) is 4.04. The number of likely N-dealkylation sites (N-methyl/N-ethyl adjacent to an activating group) is 1. The van der Waals surface area contributed by atoms with Gasteiger partial charge in [0.25, 0.3) is 0 Å². The van der Waals surface area contributed by atoms with Gasteiger partial charge in [0.15, 0.2) is 0 Å². The van der Waals surface area contributed by atoms with Crippen molar-refractivity contribution in [2.24, 2.45) is 0 Å². The Labute approximate surface area is 136 Å². The number of rotatable bonds is 7. The molecule has 0 saturated heterocycles. The standard InChI is InChI=1S/C16H25N5O2/c1-19(2)7-9-23-13-15-16-11-20(10-14-4-8-22-12-14)5-3-6-21(16)18-17-15/h4,8,12H,3,5-7,9-11,13H2,1-2H3. The molecule has 0 spiro atoms. The van der Waals surface area contributed by atoms with Crippen molar-refractivity contribution in [3.8, 4) is 0 Å². The fraction of sp³-hybridized carbons (Fsp3) is 0.625. The summed E-state index contributed by atoms with van der Waals surface area (Å²) in [5.41, 5.74) is 3.34. The quantitative estimate of drug-likeness (QED) is 0.718. The van der Waals surface area contributed by atoms with Gasteiger partial charge in [-0.3, -0.25) is 4.90 Å². The van der Waals surface area contributed by atoms with Crippen molar-refractivity contribution in [1.29, 1.82) is 0 Å². The van der Waals surface area contributed by atoms with Gasteiger partial charge in [-0.25, -0.2) is 4.68 Å². The van der Waals surface area contributed by atoms with Crippen molar-refractivity contribution in [2.75, 3.05) is 33.8 Å². The predicted octanol–water partition coefficient (Wildman–Crippen LogP) is 1.36. The lowest BCUT2D eigenvalue weighted by Crippen LogP contribution is -2.23. The normalized spacial score (nSPS) is 15.8. The number of furan rings is 1. The van der Waals surface area contributed by atoms with Crippen molar-refractivity contribution in [3.63, 3.8) is 0 Å². The fourth-order valence-electron chi connectivity index (χ4n) is 2.76. The van der Waals surface area contributed by atoms with Gasteiger partial charge in [-0.2, -0.15) is 0 Å². The van der Waals surface area contributed by atoms with Gasteiger partial charge in [-0.05, 0) is 26.6 Å². The molecule has 0 amide bonds. The first kappa shape index (κ1) is 16.2. The molecular formula is C16H25N5O2. The molecule has 0 atom stereocenters. The van der Waals surface area contributed by atoms with E-state index in [0.29, 0.717) is 13.2 Å². The SMILES string of the molecule is CN(C)CCOCc1nnn2c1CN(Cc1ccoc1)CCC2. The van der Waals surface area contributed by atoms with Crippen LogP contribution in [0.1, 0.15) is 23.4 Å². The van der Waals surface area contributed by atoms with E-state index in [1.165, 1.54) is 11.3 Å². The van der Waals surface area contributed by atoms with Crippen molar-refractivity contribution in [2.45, 2.75) is 32.7 Å². The second-order valence-corrected chi connectivity index (χ2v) is 6.26. The molecule has 2 aromatic rings. The monoisotopic (exact) mass is 319 g/mol. The summed E-state index contributed by atoms with van der Waals surface area (Å²) in [6, 6.07) is 2.02. The summed E-state index contributed by atoms with van der Waals surface area (Å²) >= 11 is 0. The van der Waals surface area contributed by atoms with Crippen LogP contribution >= 0.6 is 0 Å². The molecule has 0 aromatic carbocycles.